The molecule has 0 aliphatic rings. The maximum absolute atomic E-state index is 11.6. The van der Waals surface area contributed by atoms with Crippen molar-refractivity contribution in [3.05, 3.63) is 47.5 Å². The summed E-state index contributed by atoms with van der Waals surface area (Å²) in [5.74, 6) is -1.49. The highest BCUT2D eigenvalue weighted by molar-refractivity contribution is 5.98. The fourth-order valence-electron chi connectivity index (χ4n) is 1.39. The Morgan fingerprint density at radius 3 is 2.41 bits per heavy atom. The van der Waals surface area contributed by atoms with Crippen LogP contribution in [-0.2, 0) is 9.59 Å². The van der Waals surface area contributed by atoms with Crippen LogP contribution in [0.1, 0.15) is 25.5 Å². The van der Waals surface area contributed by atoms with Crippen LogP contribution in [0.3, 0.4) is 0 Å². The molecule has 0 heterocycles. The zero-order chi connectivity index (χ0) is 12.8. The lowest BCUT2D eigenvalue weighted by atomic mass is 10.1. The third kappa shape index (κ3) is 4.10. The Bertz CT molecular complexity index is 437. The van der Waals surface area contributed by atoms with Crippen molar-refractivity contribution in [2.24, 2.45) is 0 Å². The van der Waals surface area contributed by atoms with Gasteiger partial charge in [-0.2, -0.15) is 0 Å². The van der Waals surface area contributed by atoms with E-state index in [1.165, 1.54) is 6.92 Å². The third-order valence-corrected chi connectivity index (χ3v) is 2.35. The second kappa shape index (κ2) is 5.84. The molecule has 1 aromatic rings. The molecule has 0 spiro atoms. The highest BCUT2D eigenvalue weighted by Crippen LogP contribution is 2.11. The van der Waals surface area contributed by atoms with Crippen molar-refractivity contribution in [1.82, 2.24) is 5.32 Å². The monoisotopic (exact) mass is 233 g/mol. The van der Waals surface area contributed by atoms with Gasteiger partial charge in [0.2, 0.25) is 5.91 Å². The van der Waals surface area contributed by atoms with Gasteiger partial charge in [0.25, 0.3) is 0 Å². The van der Waals surface area contributed by atoms with Gasteiger partial charge in [-0.1, -0.05) is 30.3 Å². The quantitative estimate of drug-likeness (QED) is 0.780. The van der Waals surface area contributed by atoms with Crippen molar-refractivity contribution < 1.29 is 14.7 Å². The Kier molecular flexibility index (Phi) is 4.46. The molecule has 0 saturated heterocycles. The first-order valence-corrected chi connectivity index (χ1v) is 5.27. The van der Waals surface area contributed by atoms with E-state index < -0.39 is 5.97 Å². The van der Waals surface area contributed by atoms with E-state index in [0.29, 0.717) is 0 Å². The van der Waals surface area contributed by atoms with Crippen LogP contribution in [0.4, 0.5) is 0 Å². The molecule has 1 atom stereocenters. The zero-order valence-electron chi connectivity index (χ0n) is 9.81. The van der Waals surface area contributed by atoms with Crippen LogP contribution in [0.15, 0.2) is 42.0 Å². The summed E-state index contributed by atoms with van der Waals surface area (Å²) in [5.41, 5.74) is 1.16. The van der Waals surface area contributed by atoms with E-state index in [2.05, 4.69) is 5.32 Å². The van der Waals surface area contributed by atoms with Crippen molar-refractivity contribution in [3.63, 3.8) is 0 Å². The Labute approximate surface area is 100.0 Å². The largest absolute Gasteiger partial charge is 0.478 e. The van der Waals surface area contributed by atoms with Crippen molar-refractivity contribution >= 4 is 11.9 Å². The van der Waals surface area contributed by atoms with Crippen molar-refractivity contribution in [2.75, 3.05) is 0 Å². The summed E-state index contributed by atoms with van der Waals surface area (Å²) < 4.78 is 0. The molecule has 0 aliphatic heterocycles. The molecule has 1 unspecified atom stereocenters. The molecule has 1 amide bonds. The number of hydrogen-bond acceptors (Lipinski definition) is 2. The van der Waals surface area contributed by atoms with Crippen LogP contribution in [-0.4, -0.2) is 17.0 Å². The number of carbonyl (C=O) groups excluding carboxylic acids is 1. The van der Waals surface area contributed by atoms with Gasteiger partial charge in [0.05, 0.1) is 6.04 Å². The number of carboxylic acid groups (broad SMARTS) is 1. The summed E-state index contributed by atoms with van der Waals surface area (Å²) in [4.78, 5) is 22.0. The van der Waals surface area contributed by atoms with Gasteiger partial charge < -0.3 is 10.4 Å². The van der Waals surface area contributed by atoms with Gasteiger partial charge in [-0.3, -0.25) is 4.79 Å². The number of carboxylic acids is 1. The molecule has 4 heteroatoms. The van der Waals surface area contributed by atoms with Crippen molar-refractivity contribution in [3.8, 4) is 0 Å². The minimum atomic E-state index is -1.12. The lowest BCUT2D eigenvalue weighted by Gasteiger charge is -2.14. The van der Waals surface area contributed by atoms with Gasteiger partial charge in [-0.15, -0.1) is 0 Å². The minimum Gasteiger partial charge on any atom is -0.478 e. The number of amides is 1. The predicted molar refractivity (Wildman–Crippen MR) is 64.4 cm³/mol. The Morgan fingerprint density at radius 2 is 1.88 bits per heavy atom. The summed E-state index contributed by atoms with van der Waals surface area (Å²) in [7, 11) is 0. The molecule has 4 nitrogen and oxygen atoms in total. The van der Waals surface area contributed by atoms with Crippen molar-refractivity contribution in [1.29, 1.82) is 0 Å². The minimum absolute atomic E-state index is 0.152. The molecule has 0 aromatic heterocycles. The first-order chi connectivity index (χ1) is 8.00. The highest BCUT2D eigenvalue weighted by atomic mass is 16.4. The molecule has 1 rings (SSSR count). The topological polar surface area (TPSA) is 66.4 Å². The van der Waals surface area contributed by atoms with E-state index in [0.717, 1.165) is 11.6 Å². The van der Waals surface area contributed by atoms with E-state index >= 15 is 0 Å². The number of aliphatic carboxylic acids is 1. The second-order valence-corrected chi connectivity index (χ2v) is 3.77. The standard InChI is InChI=1S/C13H15NO3/c1-9(8-12(15)16)13(17)14-10(2)11-6-4-3-5-7-11/h3-8,10H,1-2H3,(H,14,17)(H,15,16). The van der Waals surface area contributed by atoms with Gasteiger partial charge in [-0.25, -0.2) is 4.79 Å². The number of hydrogen-bond donors (Lipinski definition) is 2. The number of carbonyl (C=O) groups is 2. The van der Waals surface area contributed by atoms with E-state index in [-0.39, 0.29) is 17.5 Å². The first-order valence-electron chi connectivity index (χ1n) is 5.27. The van der Waals surface area contributed by atoms with Crippen molar-refractivity contribution in [2.45, 2.75) is 19.9 Å². The number of nitrogens with one attached hydrogen (secondary N) is 1. The van der Waals surface area contributed by atoms with Gasteiger partial charge in [0, 0.05) is 11.6 Å². The molecule has 0 saturated carbocycles. The molecule has 0 aliphatic carbocycles. The molecule has 0 bridgehead atoms. The Morgan fingerprint density at radius 1 is 1.29 bits per heavy atom. The van der Waals surface area contributed by atoms with Gasteiger partial charge >= 0.3 is 5.97 Å². The Hall–Kier alpha value is -2.10. The summed E-state index contributed by atoms with van der Waals surface area (Å²) in [5, 5.41) is 11.3. The molecule has 1 aromatic carbocycles. The molecule has 17 heavy (non-hydrogen) atoms. The van der Waals surface area contributed by atoms with Crippen LogP contribution in [0, 0.1) is 0 Å². The van der Waals surface area contributed by atoms with E-state index in [1.54, 1.807) is 0 Å². The zero-order valence-corrected chi connectivity index (χ0v) is 9.81. The van der Waals surface area contributed by atoms with Crippen LogP contribution in [0.25, 0.3) is 0 Å². The average Bonchev–Trinajstić information content (AvgIpc) is 2.29. The molecule has 2 N–H and O–H groups in total. The van der Waals surface area contributed by atoms with Crippen LogP contribution >= 0.6 is 0 Å². The summed E-state index contributed by atoms with van der Waals surface area (Å²) in [6.07, 6.45) is 0.896. The van der Waals surface area contributed by atoms with Gasteiger partial charge in [0.1, 0.15) is 0 Å². The maximum Gasteiger partial charge on any atom is 0.328 e. The fourth-order valence-corrected chi connectivity index (χ4v) is 1.39. The average molecular weight is 233 g/mol. The van der Waals surface area contributed by atoms with E-state index in [1.807, 2.05) is 37.3 Å². The first kappa shape index (κ1) is 13.0. The molecular formula is C13H15NO3. The van der Waals surface area contributed by atoms with Gasteiger partial charge in [0.15, 0.2) is 0 Å². The summed E-state index contributed by atoms with van der Waals surface area (Å²) in [6, 6.07) is 9.33. The van der Waals surface area contributed by atoms with Crippen LogP contribution < -0.4 is 5.32 Å². The molecular weight excluding hydrogens is 218 g/mol. The smallest absolute Gasteiger partial charge is 0.328 e. The third-order valence-electron chi connectivity index (χ3n) is 2.35. The van der Waals surface area contributed by atoms with Gasteiger partial charge in [-0.05, 0) is 19.4 Å². The molecule has 0 radical (unpaired) electrons. The normalized spacial score (nSPS) is 12.9. The fraction of sp³-hybridized carbons (Fsp3) is 0.231. The second-order valence-electron chi connectivity index (χ2n) is 3.77. The lowest BCUT2D eigenvalue weighted by Crippen LogP contribution is -2.27. The van der Waals surface area contributed by atoms with E-state index in [4.69, 9.17) is 5.11 Å². The van der Waals surface area contributed by atoms with Crippen LogP contribution in [0.5, 0.6) is 0 Å². The lowest BCUT2D eigenvalue weighted by molar-refractivity contribution is -0.131. The molecule has 90 valence electrons. The SMILES string of the molecule is CC(=CC(=O)O)C(=O)NC(C)c1ccccc1. The highest BCUT2D eigenvalue weighted by Gasteiger charge is 2.11. The molecule has 0 fully saturated rings. The summed E-state index contributed by atoms with van der Waals surface area (Å²) >= 11 is 0. The maximum atomic E-state index is 11.6. The predicted octanol–water partition coefficient (Wildman–Crippen LogP) is 1.89. The summed E-state index contributed by atoms with van der Waals surface area (Å²) in [6.45, 7) is 3.32. The number of rotatable bonds is 4. The van der Waals surface area contributed by atoms with E-state index in [9.17, 15) is 9.59 Å². The van der Waals surface area contributed by atoms with Crippen LogP contribution in [0.2, 0.25) is 0 Å². The Balaban J connectivity index is 2.67. The number of benzene rings is 1.